The summed E-state index contributed by atoms with van der Waals surface area (Å²) in [6, 6.07) is 8.90. The minimum absolute atomic E-state index is 0.0399. The SMILES string of the molecule is O=C(NCCCN1C(=O)CNC1=O)c1cc(-c2ccc(Br)cc2)n[nH]1. The summed E-state index contributed by atoms with van der Waals surface area (Å²) in [4.78, 5) is 36.1. The lowest BCUT2D eigenvalue weighted by Gasteiger charge is -2.11. The third-order valence-corrected chi connectivity index (χ3v) is 4.27. The number of aromatic amines is 1. The number of urea groups is 1. The number of nitrogens with zero attached hydrogens (tertiary/aromatic N) is 2. The van der Waals surface area contributed by atoms with E-state index in [0.29, 0.717) is 24.4 Å². The van der Waals surface area contributed by atoms with E-state index < -0.39 is 0 Å². The highest BCUT2D eigenvalue weighted by atomic mass is 79.9. The number of hydrogen-bond donors (Lipinski definition) is 3. The van der Waals surface area contributed by atoms with Crippen molar-refractivity contribution in [1.82, 2.24) is 25.7 Å². The van der Waals surface area contributed by atoms with E-state index in [0.717, 1.165) is 14.9 Å². The van der Waals surface area contributed by atoms with Crippen LogP contribution in [0.4, 0.5) is 4.79 Å². The molecule has 2 heterocycles. The maximum Gasteiger partial charge on any atom is 0.324 e. The Kier molecular flexibility index (Phi) is 5.13. The fraction of sp³-hybridized carbons (Fsp3) is 0.250. The molecule has 0 atom stereocenters. The summed E-state index contributed by atoms with van der Waals surface area (Å²) >= 11 is 3.37. The second-order valence-corrected chi connectivity index (χ2v) is 6.40. The maximum absolute atomic E-state index is 12.1. The van der Waals surface area contributed by atoms with Gasteiger partial charge in [-0.25, -0.2) is 4.79 Å². The molecule has 1 aliphatic rings. The van der Waals surface area contributed by atoms with Gasteiger partial charge in [0, 0.05) is 23.1 Å². The van der Waals surface area contributed by atoms with Crippen molar-refractivity contribution in [2.45, 2.75) is 6.42 Å². The predicted octanol–water partition coefficient (Wildman–Crippen LogP) is 1.51. The lowest BCUT2D eigenvalue weighted by atomic mass is 10.1. The van der Waals surface area contributed by atoms with Crippen LogP contribution in [0.1, 0.15) is 16.9 Å². The van der Waals surface area contributed by atoms with Crippen LogP contribution in [-0.4, -0.2) is 52.6 Å². The van der Waals surface area contributed by atoms with E-state index in [2.05, 4.69) is 36.8 Å². The van der Waals surface area contributed by atoms with Crippen LogP contribution in [0.15, 0.2) is 34.8 Å². The van der Waals surface area contributed by atoms with Gasteiger partial charge in [0.2, 0.25) is 5.91 Å². The molecule has 1 aliphatic heterocycles. The topological polar surface area (TPSA) is 107 Å². The lowest BCUT2D eigenvalue weighted by molar-refractivity contribution is -0.125. The normalized spacial score (nSPS) is 13.9. The van der Waals surface area contributed by atoms with Gasteiger partial charge in [-0.05, 0) is 24.6 Å². The average Bonchev–Trinajstić information content (AvgIpc) is 3.21. The molecule has 0 bridgehead atoms. The van der Waals surface area contributed by atoms with Crippen LogP contribution < -0.4 is 10.6 Å². The van der Waals surface area contributed by atoms with E-state index in [4.69, 9.17) is 0 Å². The summed E-state index contributed by atoms with van der Waals surface area (Å²) in [7, 11) is 0. The molecule has 0 saturated carbocycles. The first-order valence-electron chi connectivity index (χ1n) is 7.72. The predicted molar refractivity (Wildman–Crippen MR) is 93.8 cm³/mol. The molecule has 8 nitrogen and oxygen atoms in total. The van der Waals surface area contributed by atoms with Crippen molar-refractivity contribution in [3.63, 3.8) is 0 Å². The third kappa shape index (κ3) is 4.05. The van der Waals surface area contributed by atoms with Crippen LogP contribution in [0.2, 0.25) is 0 Å². The van der Waals surface area contributed by atoms with Crippen LogP contribution in [-0.2, 0) is 4.79 Å². The monoisotopic (exact) mass is 405 g/mol. The summed E-state index contributed by atoms with van der Waals surface area (Å²) in [6.07, 6.45) is 0.485. The molecule has 130 valence electrons. The smallest absolute Gasteiger partial charge is 0.324 e. The number of imide groups is 1. The molecule has 1 aromatic carbocycles. The first-order valence-corrected chi connectivity index (χ1v) is 8.51. The van der Waals surface area contributed by atoms with Crippen molar-refractivity contribution >= 4 is 33.8 Å². The molecule has 0 spiro atoms. The average molecular weight is 406 g/mol. The van der Waals surface area contributed by atoms with Gasteiger partial charge in [-0.1, -0.05) is 28.1 Å². The van der Waals surface area contributed by atoms with E-state index >= 15 is 0 Å². The number of nitrogens with one attached hydrogen (secondary N) is 3. The third-order valence-electron chi connectivity index (χ3n) is 3.74. The molecular formula is C16H16BrN5O3. The Morgan fingerprint density at radius 1 is 1.28 bits per heavy atom. The van der Waals surface area contributed by atoms with Gasteiger partial charge < -0.3 is 10.6 Å². The second-order valence-electron chi connectivity index (χ2n) is 5.49. The molecule has 2 aromatic rings. The molecule has 25 heavy (non-hydrogen) atoms. The first kappa shape index (κ1) is 17.2. The maximum atomic E-state index is 12.1. The van der Waals surface area contributed by atoms with Crippen molar-refractivity contribution in [2.24, 2.45) is 0 Å². The van der Waals surface area contributed by atoms with Gasteiger partial charge in [-0.3, -0.25) is 19.6 Å². The summed E-state index contributed by atoms with van der Waals surface area (Å²) in [5, 5.41) is 12.0. The van der Waals surface area contributed by atoms with Crippen molar-refractivity contribution in [3.8, 4) is 11.3 Å². The van der Waals surface area contributed by atoms with Crippen LogP contribution >= 0.6 is 15.9 Å². The number of carbonyl (C=O) groups is 3. The number of rotatable bonds is 6. The summed E-state index contributed by atoms with van der Waals surface area (Å²) in [5.41, 5.74) is 1.93. The zero-order valence-electron chi connectivity index (χ0n) is 13.2. The van der Waals surface area contributed by atoms with E-state index in [1.807, 2.05) is 24.3 Å². The number of carbonyl (C=O) groups excluding carboxylic acids is 3. The Bertz CT molecular complexity index is 786. The highest BCUT2D eigenvalue weighted by molar-refractivity contribution is 9.10. The lowest BCUT2D eigenvalue weighted by Crippen LogP contribution is -2.34. The van der Waals surface area contributed by atoms with Crippen LogP contribution in [0.25, 0.3) is 11.3 Å². The Balaban J connectivity index is 1.49. The van der Waals surface area contributed by atoms with Crippen molar-refractivity contribution in [2.75, 3.05) is 19.6 Å². The molecule has 1 aromatic heterocycles. The van der Waals surface area contributed by atoms with Gasteiger partial charge in [0.25, 0.3) is 5.91 Å². The van der Waals surface area contributed by atoms with Crippen LogP contribution in [0, 0.1) is 0 Å². The zero-order chi connectivity index (χ0) is 17.8. The van der Waals surface area contributed by atoms with Crippen molar-refractivity contribution in [1.29, 1.82) is 0 Å². The van der Waals surface area contributed by atoms with E-state index in [9.17, 15) is 14.4 Å². The molecule has 9 heteroatoms. The quantitative estimate of drug-likeness (QED) is 0.499. The number of halogens is 1. The standard InChI is InChI=1S/C16H16BrN5O3/c17-11-4-2-10(3-5-11)12-8-13(21-20-12)15(24)18-6-1-7-22-14(23)9-19-16(22)25/h2-5,8H,1,6-7,9H2,(H,18,24)(H,19,25)(H,20,21). The fourth-order valence-electron chi connectivity index (χ4n) is 2.42. The van der Waals surface area contributed by atoms with E-state index in [1.165, 1.54) is 0 Å². The molecule has 3 rings (SSSR count). The van der Waals surface area contributed by atoms with Gasteiger partial charge in [0.05, 0.1) is 12.2 Å². The minimum atomic E-state index is -0.385. The van der Waals surface area contributed by atoms with Crippen LogP contribution in [0.3, 0.4) is 0 Å². The summed E-state index contributed by atoms with van der Waals surface area (Å²) in [5.74, 6) is -0.530. The fourth-order valence-corrected chi connectivity index (χ4v) is 2.69. The van der Waals surface area contributed by atoms with Gasteiger partial charge >= 0.3 is 6.03 Å². The molecule has 1 fully saturated rings. The Morgan fingerprint density at radius 3 is 2.72 bits per heavy atom. The van der Waals surface area contributed by atoms with Gasteiger partial charge in [-0.2, -0.15) is 5.10 Å². The highest BCUT2D eigenvalue weighted by Gasteiger charge is 2.27. The number of H-pyrrole nitrogens is 1. The molecule has 0 unspecified atom stereocenters. The molecule has 0 radical (unpaired) electrons. The van der Waals surface area contributed by atoms with Crippen molar-refractivity contribution in [3.05, 3.63) is 40.5 Å². The number of amides is 4. The Morgan fingerprint density at radius 2 is 2.04 bits per heavy atom. The Labute approximate surface area is 152 Å². The van der Waals surface area contributed by atoms with Gasteiger partial charge in [0.1, 0.15) is 5.69 Å². The number of hydrogen-bond acceptors (Lipinski definition) is 4. The van der Waals surface area contributed by atoms with E-state index in [-0.39, 0.29) is 30.9 Å². The Hall–Kier alpha value is -2.68. The van der Waals surface area contributed by atoms with E-state index in [1.54, 1.807) is 6.07 Å². The number of aromatic nitrogens is 2. The zero-order valence-corrected chi connectivity index (χ0v) is 14.8. The second kappa shape index (κ2) is 7.47. The summed E-state index contributed by atoms with van der Waals surface area (Å²) < 4.78 is 0.968. The van der Waals surface area contributed by atoms with Gasteiger partial charge in [-0.15, -0.1) is 0 Å². The number of benzene rings is 1. The molecular weight excluding hydrogens is 390 g/mol. The first-order chi connectivity index (χ1) is 12.0. The molecule has 0 aliphatic carbocycles. The van der Waals surface area contributed by atoms with Crippen molar-refractivity contribution < 1.29 is 14.4 Å². The molecule has 3 N–H and O–H groups in total. The van der Waals surface area contributed by atoms with Crippen LogP contribution in [0.5, 0.6) is 0 Å². The molecule has 1 saturated heterocycles. The largest absolute Gasteiger partial charge is 0.351 e. The molecule has 4 amide bonds. The van der Waals surface area contributed by atoms with Gasteiger partial charge in [0.15, 0.2) is 0 Å². The minimum Gasteiger partial charge on any atom is -0.351 e. The highest BCUT2D eigenvalue weighted by Crippen LogP contribution is 2.20. The summed E-state index contributed by atoms with van der Waals surface area (Å²) in [6.45, 7) is 0.665.